The summed E-state index contributed by atoms with van der Waals surface area (Å²) >= 11 is 1.28. The second-order valence-electron chi connectivity index (χ2n) is 6.45. The molecule has 0 unspecified atom stereocenters. The number of anilines is 3. The van der Waals surface area contributed by atoms with Gasteiger partial charge in [0.1, 0.15) is 11.4 Å². The number of ether oxygens (including phenoxy) is 1. The first-order valence-electron chi connectivity index (χ1n) is 8.51. The molecule has 1 N–H and O–H groups in total. The molecule has 0 aromatic carbocycles. The van der Waals surface area contributed by atoms with Crippen molar-refractivity contribution in [3.05, 3.63) is 36.7 Å². The van der Waals surface area contributed by atoms with Crippen LogP contribution in [0.25, 0.3) is 11.5 Å². The van der Waals surface area contributed by atoms with E-state index in [1.54, 1.807) is 12.4 Å². The lowest BCUT2D eigenvalue weighted by Crippen LogP contribution is -2.11. The number of hydrogen-bond donors (Lipinski definition) is 1. The highest BCUT2D eigenvalue weighted by Gasteiger charge is 2.22. The van der Waals surface area contributed by atoms with Gasteiger partial charge in [-0.15, -0.1) is 0 Å². The topological polar surface area (TPSA) is 76.1 Å². The quantitative estimate of drug-likeness (QED) is 0.683. The molecule has 7 nitrogen and oxygen atoms in total. The van der Waals surface area contributed by atoms with E-state index in [9.17, 15) is 0 Å². The summed E-state index contributed by atoms with van der Waals surface area (Å²) in [7, 11) is 3.95. The van der Waals surface area contributed by atoms with E-state index in [2.05, 4.69) is 24.6 Å². The average molecular weight is 368 g/mol. The summed E-state index contributed by atoms with van der Waals surface area (Å²) in [6.45, 7) is 0.780. The minimum Gasteiger partial charge on any atom is -0.492 e. The van der Waals surface area contributed by atoms with Crippen LogP contribution in [0.5, 0.6) is 5.75 Å². The molecule has 3 heterocycles. The van der Waals surface area contributed by atoms with Gasteiger partial charge < -0.3 is 15.0 Å². The van der Waals surface area contributed by atoms with Crippen molar-refractivity contribution in [3.63, 3.8) is 0 Å². The molecular formula is C18H20N6OS. The van der Waals surface area contributed by atoms with Gasteiger partial charge >= 0.3 is 0 Å². The van der Waals surface area contributed by atoms with Gasteiger partial charge in [0.25, 0.3) is 0 Å². The van der Waals surface area contributed by atoms with Gasteiger partial charge in [0, 0.05) is 31.8 Å². The Bertz CT molecular complexity index is 875. The van der Waals surface area contributed by atoms with Crippen molar-refractivity contribution in [2.75, 3.05) is 30.9 Å². The molecule has 134 valence electrons. The summed E-state index contributed by atoms with van der Waals surface area (Å²) in [6, 6.07) is 7.71. The highest BCUT2D eigenvalue weighted by atomic mass is 32.1. The zero-order valence-electron chi connectivity index (χ0n) is 14.7. The Morgan fingerprint density at radius 3 is 2.85 bits per heavy atom. The van der Waals surface area contributed by atoms with Crippen LogP contribution in [0.4, 0.5) is 16.6 Å². The number of hydrogen-bond acceptors (Lipinski definition) is 8. The third-order valence-electron chi connectivity index (χ3n) is 4.07. The molecule has 0 saturated heterocycles. The Balaban J connectivity index is 1.46. The lowest BCUT2D eigenvalue weighted by Gasteiger charge is -2.15. The Labute approximate surface area is 156 Å². The van der Waals surface area contributed by atoms with Crippen molar-refractivity contribution < 1.29 is 4.74 Å². The van der Waals surface area contributed by atoms with Crippen LogP contribution in [0, 0.1) is 5.92 Å². The largest absolute Gasteiger partial charge is 0.492 e. The predicted molar refractivity (Wildman–Crippen MR) is 103 cm³/mol. The molecule has 1 fully saturated rings. The third-order valence-corrected chi connectivity index (χ3v) is 4.70. The molecule has 0 radical (unpaired) electrons. The minimum atomic E-state index is 0.591. The highest BCUT2D eigenvalue weighted by Crippen LogP contribution is 2.30. The van der Waals surface area contributed by atoms with Crippen LogP contribution in [0.2, 0.25) is 0 Å². The van der Waals surface area contributed by atoms with Gasteiger partial charge in [0.05, 0.1) is 18.5 Å². The molecule has 3 aromatic heterocycles. The Morgan fingerprint density at radius 2 is 2.12 bits per heavy atom. The molecule has 26 heavy (non-hydrogen) atoms. The van der Waals surface area contributed by atoms with Gasteiger partial charge in [0.2, 0.25) is 5.13 Å². The second kappa shape index (κ2) is 7.25. The van der Waals surface area contributed by atoms with Gasteiger partial charge in [-0.25, -0.2) is 9.97 Å². The van der Waals surface area contributed by atoms with Gasteiger partial charge in [0.15, 0.2) is 11.6 Å². The number of aromatic nitrogens is 4. The summed E-state index contributed by atoms with van der Waals surface area (Å²) in [5, 5.41) is 3.91. The van der Waals surface area contributed by atoms with Crippen LogP contribution in [0.15, 0.2) is 36.7 Å². The molecule has 0 spiro atoms. The standard InChI is InChI=1S/C18H20N6OS/c1-24(2)15-4-3-9-19-17(15)22-18-21-16(23-26-18)14-8-7-13(10-20-14)25-11-12-5-6-12/h3-4,7-10,12H,5-6,11H2,1-2H3,(H,19,21,22,23). The Kier molecular flexibility index (Phi) is 4.66. The van der Waals surface area contributed by atoms with Gasteiger partial charge in [-0.2, -0.15) is 9.36 Å². The summed E-state index contributed by atoms with van der Waals surface area (Å²) in [5.74, 6) is 2.85. The van der Waals surface area contributed by atoms with E-state index in [1.165, 1.54) is 24.4 Å². The SMILES string of the molecule is CN(C)c1cccnc1Nc1nc(-c2ccc(OCC3CC3)cn2)ns1. The molecular weight excluding hydrogens is 348 g/mol. The molecule has 4 rings (SSSR count). The summed E-state index contributed by atoms with van der Waals surface area (Å²) < 4.78 is 10.1. The first kappa shape index (κ1) is 16.7. The predicted octanol–water partition coefficient (Wildman–Crippen LogP) is 3.59. The normalized spacial score (nSPS) is 13.5. The first-order chi connectivity index (χ1) is 12.7. The summed E-state index contributed by atoms with van der Waals surface area (Å²) in [5.41, 5.74) is 1.71. The van der Waals surface area contributed by atoms with E-state index in [1.807, 2.05) is 43.3 Å². The maximum absolute atomic E-state index is 5.71. The second-order valence-corrected chi connectivity index (χ2v) is 7.20. The molecule has 1 aliphatic rings. The van der Waals surface area contributed by atoms with Crippen molar-refractivity contribution in [2.24, 2.45) is 5.92 Å². The Hall–Kier alpha value is -2.74. The number of pyridine rings is 2. The fourth-order valence-corrected chi connectivity index (χ4v) is 3.01. The molecule has 0 aliphatic heterocycles. The van der Waals surface area contributed by atoms with E-state index >= 15 is 0 Å². The van der Waals surface area contributed by atoms with Crippen LogP contribution in [0.3, 0.4) is 0 Å². The molecule has 8 heteroatoms. The molecule has 0 bridgehead atoms. The maximum Gasteiger partial charge on any atom is 0.208 e. The molecule has 1 saturated carbocycles. The van der Waals surface area contributed by atoms with Crippen LogP contribution in [-0.2, 0) is 0 Å². The number of nitrogens with one attached hydrogen (secondary N) is 1. The maximum atomic E-state index is 5.71. The van der Waals surface area contributed by atoms with Crippen molar-refractivity contribution in [1.82, 2.24) is 19.3 Å². The highest BCUT2D eigenvalue weighted by molar-refractivity contribution is 7.09. The van der Waals surface area contributed by atoms with Gasteiger partial charge in [-0.3, -0.25) is 0 Å². The molecule has 0 amide bonds. The molecule has 3 aromatic rings. The van der Waals surface area contributed by atoms with E-state index in [0.29, 0.717) is 11.0 Å². The van der Waals surface area contributed by atoms with E-state index in [0.717, 1.165) is 35.5 Å². The van der Waals surface area contributed by atoms with Crippen LogP contribution < -0.4 is 15.0 Å². The number of nitrogens with zero attached hydrogens (tertiary/aromatic N) is 5. The average Bonchev–Trinajstić information content (AvgIpc) is 3.38. The van der Waals surface area contributed by atoms with Crippen molar-refractivity contribution in [2.45, 2.75) is 12.8 Å². The lowest BCUT2D eigenvalue weighted by molar-refractivity contribution is 0.298. The monoisotopic (exact) mass is 368 g/mol. The molecule has 0 atom stereocenters. The zero-order valence-corrected chi connectivity index (χ0v) is 15.5. The van der Waals surface area contributed by atoms with Gasteiger partial charge in [-0.05, 0) is 43.0 Å². The first-order valence-corrected chi connectivity index (χ1v) is 9.28. The Morgan fingerprint density at radius 1 is 1.23 bits per heavy atom. The summed E-state index contributed by atoms with van der Waals surface area (Å²) in [4.78, 5) is 15.3. The van der Waals surface area contributed by atoms with Crippen LogP contribution >= 0.6 is 11.5 Å². The zero-order chi connectivity index (χ0) is 17.9. The fraction of sp³-hybridized carbons (Fsp3) is 0.333. The van der Waals surface area contributed by atoms with E-state index < -0.39 is 0 Å². The van der Waals surface area contributed by atoms with Crippen molar-refractivity contribution in [1.29, 1.82) is 0 Å². The smallest absolute Gasteiger partial charge is 0.208 e. The van der Waals surface area contributed by atoms with Gasteiger partial charge in [-0.1, -0.05) is 0 Å². The van der Waals surface area contributed by atoms with Crippen LogP contribution in [0.1, 0.15) is 12.8 Å². The fourth-order valence-electron chi connectivity index (χ4n) is 2.43. The lowest BCUT2D eigenvalue weighted by atomic mass is 10.3. The number of rotatable bonds is 7. The van der Waals surface area contributed by atoms with Crippen molar-refractivity contribution in [3.8, 4) is 17.3 Å². The summed E-state index contributed by atoms with van der Waals surface area (Å²) in [6.07, 6.45) is 6.03. The minimum absolute atomic E-state index is 0.591. The van der Waals surface area contributed by atoms with Crippen LogP contribution in [-0.4, -0.2) is 40.0 Å². The molecule has 1 aliphatic carbocycles. The third kappa shape index (κ3) is 3.91. The van der Waals surface area contributed by atoms with E-state index in [4.69, 9.17) is 4.74 Å². The van der Waals surface area contributed by atoms with Crippen molar-refractivity contribution >= 4 is 28.2 Å². The van der Waals surface area contributed by atoms with E-state index in [-0.39, 0.29) is 0 Å².